The number of aromatic nitrogens is 3. The Balaban J connectivity index is 1.87. The average molecular weight is 377 g/mol. The minimum Gasteiger partial charge on any atom is -0.491 e. The molecule has 0 bridgehead atoms. The van der Waals surface area contributed by atoms with Gasteiger partial charge in [-0.2, -0.15) is 10.4 Å². The maximum absolute atomic E-state index is 12.6. The SMILES string of the molecule is CC(C)Oc1cc(Oc2ccc(C#N)nc2)cc(C(=O)Nc2ccn(C)n2)c1. The van der Waals surface area contributed by atoms with E-state index in [9.17, 15) is 4.79 Å². The van der Waals surface area contributed by atoms with Crippen LogP contribution in [-0.4, -0.2) is 26.8 Å². The second-order valence-corrected chi connectivity index (χ2v) is 6.28. The zero-order chi connectivity index (χ0) is 20.1. The first-order valence-electron chi connectivity index (χ1n) is 8.59. The van der Waals surface area contributed by atoms with Crippen LogP contribution in [0.3, 0.4) is 0 Å². The fourth-order valence-corrected chi connectivity index (χ4v) is 2.42. The molecule has 28 heavy (non-hydrogen) atoms. The molecular weight excluding hydrogens is 358 g/mol. The number of nitriles is 1. The number of rotatable bonds is 6. The van der Waals surface area contributed by atoms with Gasteiger partial charge in [0, 0.05) is 30.9 Å². The van der Waals surface area contributed by atoms with Gasteiger partial charge in [-0.05, 0) is 38.1 Å². The van der Waals surface area contributed by atoms with Gasteiger partial charge < -0.3 is 14.8 Å². The molecule has 2 aromatic heterocycles. The third-order valence-corrected chi connectivity index (χ3v) is 3.56. The highest BCUT2D eigenvalue weighted by atomic mass is 16.5. The van der Waals surface area contributed by atoms with Crippen LogP contribution < -0.4 is 14.8 Å². The number of aryl methyl sites for hydroxylation is 1. The van der Waals surface area contributed by atoms with Gasteiger partial charge in [0.1, 0.15) is 29.0 Å². The molecule has 142 valence electrons. The summed E-state index contributed by atoms with van der Waals surface area (Å²) < 4.78 is 13.1. The fraction of sp³-hybridized carbons (Fsp3) is 0.200. The van der Waals surface area contributed by atoms with Crippen LogP contribution in [0.15, 0.2) is 48.8 Å². The molecule has 3 rings (SSSR count). The molecule has 8 heteroatoms. The predicted molar refractivity (Wildman–Crippen MR) is 102 cm³/mol. The molecule has 0 saturated carbocycles. The highest BCUT2D eigenvalue weighted by Gasteiger charge is 2.13. The van der Waals surface area contributed by atoms with E-state index in [-0.39, 0.29) is 12.0 Å². The first kappa shape index (κ1) is 18.9. The quantitative estimate of drug-likeness (QED) is 0.705. The summed E-state index contributed by atoms with van der Waals surface area (Å²) in [5, 5.41) is 15.7. The molecule has 0 atom stereocenters. The zero-order valence-corrected chi connectivity index (χ0v) is 15.7. The number of hydrogen-bond donors (Lipinski definition) is 1. The minimum atomic E-state index is -0.337. The molecule has 2 heterocycles. The van der Waals surface area contributed by atoms with Gasteiger partial charge in [-0.15, -0.1) is 0 Å². The van der Waals surface area contributed by atoms with Crippen molar-refractivity contribution in [1.82, 2.24) is 14.8 Å². The molecule has 0 aliphatic carbocycles. The van der Waals surface area contributed by atoms with Crippen LogP contribution in [0, 0.1) is 11.3 Å². The van der Waals surface area contributed by atoms with Crippen LogP contribution in [0.2, 0.25) is 0 Å². The highest BCUT2D eigenvalue weighted by Crippen LogP contribution is 2.28. The topological polar surface area (TPSA) is 102 Å². The van der Waals surface area contributed by atoms with Gasteiger partial charge in [-0.25, -0.2) is 4.98 Å². The van der Waals surface area contributed by atoms with Crippen LogP contribution in [0.1, 0.15) is 29.9 Å². The Morgan fingerprint density at radius 1 is 1.18 bits per heavy atom. The maximum Gasteiger partial charge on any atom is 0.257 e. The number of pyridine rings is 1. The normalized spacial score (nSPS) is 10.4. The van der Waals surface area contributed by atoms with Crippen molar-refractivity contribution in [1.29, 1.82) is 5.26 Å². The van der Waals surface area contributed by atoms with Crippen LogP contribution in [-0.2, 0) is 7.05 Å². The first-order valence-corrected chi connectivity index (χ1v) is 8.59. The van der Waals surface area contributed by atoms with Crippen LogP contribution in [0.25, 0.3) is 0 Å². The number of amides is 1. The van der Waals surface area contributed by atoms with Crippen LogP contribution in [0.5, 0.6) is 17.2 Å². The van der Waals surface area contributed by atoms with Crippen molar-refractivity contribution >= 4 is 11.7 Å². The van der Waals surface area contributed by atoms with Crippen molar-refractivity contribution in [3.63, 3.8) is 0 Å². The second kappa shape index (κ2) is 8.22. The Morgan fingerprint density at radius 3 is 2.57 bits per heavy atom. The highest BCUT2D eigenvalue weighted by molar-refractivity contribution is 6.04. The smallest absolute Gasteiger partial charge is 0.257 e. The summed E-state index contributed by atoms with van der Waals surface area (Å²) in [6, 6.07) is 11.8. The molecule has 0 spiro atoms. The van der Waals surface area contributed by atoms with Crippen molar-refractivity contribution in [2.45, 2.75) is 20.0 Å². The van der Waals surface area contributed by atoms with E-state index in [1.807, 2.05) is 19.9 Å². The molecule has 0 unspecified atom stereocenters. The first-order chi connectivity index (χ1) is 13.4. The third-order valence-electron chi connectivity index (χ3n) is 3.56. The lowest BCUT2D eigenvalue weighted by Gasteiger charge is -2.14. The summed E-state index contributed by atoms with van der Waals surface area (Å²) in [4.78, 5) is 16.6. The lowest BCUT2D eigenvalue weighted by molar-refractivity contribution is 0.102. The largest absolute Gasteiger partial charge is 0.491 e. The average Bonchev–Trinajstić information content (AvgIpc) is 3.06. The van der Waals surface area contributed by atoms with Gasteiger partial charge in [-0.1, -0.05) is 0 Å². The summed E-state index contributed by atoms with van der Waals surface area (Å²) in [5.41, 5.74) is 0.653. The van der Waals surface area contributed by atoms with E-state index in [2.05, 4.69) is 15.4 Å². The van der Waals surface area contributed by atoms with E-state index in [1.165, 1.54) is 6.20 Å². The molecule has 1 amide bonds. The number of nitrogens with zero attached hydrogens (tertiary/aromatic N) is 4. The molecule has 8 nitrogen and oxygen atoms in total. The van der Waals surface area contributed by atoms with Crippen molar-refractivity contribution < 1.29 is 14.3 Å². The number of ether oxygens (including phenoxy) is 2. The molecule has 0 saturated heterocycles. The van der Waals surface area contributed by atoms with E-state index in [4.69, 9.17) is 14.7 Å². The zero-order valence-electron chi connectivity index (χ0n) is 15.7. The molecular formula is C20H19N5O3. The van der Waals surface area contributed by atoms with Crippen molar-refractivity contribution in [2.24, 2.45) is 7.05 Å². The van der Waals surface area contributed by atoms with Crippen molar-refractivity contribution in [2.75, 3.05) is 5.32 Å². The number of benzene rings is 1. The Labute approximate surface area is 162 Å². The number of nitrogens with one attached hydrogen (secondary N) is 1. The van der Waals surface area contributed by atoms with Crippen molar-refractivity contribution in [3.8, 4) is 23.3 Å². The van der Waals surface area contributed by atoms with Crippen LogP contribution in [0.4, 0.5) is 5.82 Å². The summed E-state index contributed by atoms with van der Waals surface area (Å²) in [6.07, 6.45) is 3.11. The monoisotopic (exact) mass is 377 g/mol. The van der Waals surface area contributed by atoms with Gasteiger partial charge in [0.2, 0.25) is 0 Å². The van der Waals surface area contributed by atoms with E-state index in [1.54, 1.807) is 54.3 Å². The Hall–Kier alpha value is -3.86. The summed E-state index contributed by atoms with van der Waals surface area (Å²) >= 11 is 0. The van der Waals surface area contributed by atoms with Gasteiger partial charge in [-0.3, -0.25) is 9.48 Å². The molecule has 1 N–H and O–H groups in total. The number of hydrogen-bond acceptors (Lipinski definition) is 6. The Bertz CT molecular complexity index is 1020. The lowest BCUT2D eigenvalue weighted by atomic mass is 10.2. The summed E-state index contributed by atoms with van der Waals surface area (Å²) in [7, 11) is 1.77. The molecule has 0 aliphatic rings. The molecule has 0 aliphatic heterocycles. The van der Waals surface area contributed by atoms with Crippen LogP contribution >= 0.6 is 0 Å². The lowest BCUT2D eigenvalue weighted by Crippen LogP contribution is -2.13. The van der Waals surface area contributed by atoms with Gasteiger partial charge >= 0.3 is 0 Å². The van der Waals surface area contributed by atoms with E-state index < -0.39 is 0 Å². The Kier molecular flexibility index (Phi) is 5.56. The van der Waals surface area contributed by atoms with Gasteiger partial charge in [0.15, 0.2) is 5.82 Å². The number of anilines is 1. The summed E-state index contributed by atoms with van der Waals surface area (Å²) in [5.74, 6) is 1.46. The molecule has 0 fully saturated rings. The van der Waals surface area contributed by atoms with E-state index in [0.29, 0.717) is 34.3 Å². The second-order valence-electron chi connectivity index (χ2n) is 6.28. The molecule has 3 aromatic rings. The molecule has 0 radical (unpaired) electrons. The maximum atomic E-state index is 12.6. The number of carbonyl (C=O) groups excluding carboxylic acids is 1. The third kappa shape index (κ3) is 4.86. The minimum absolute atomic E-state index is 0.0708. The Morgan fingerprint density at radius 2 is 1.96 bits per heavy atom. The van der Waals surface area contributed by atoms with Gasteiger partial charge in [0.05, 0.1) is 12.3 Å². The van der Waals surface area contributed by atoms with E-state index in [0.717, 1.165) is 0 Å². The summed E-state index contributed by atoms with van der Waals surface area (Å²) in [6.45, 7) is 3.79. The van der Waals surface area contributed by atoms with E-state index >= 15 is 0 Å². The van der Waals surface area contributed by atoms with Crippen molar-refractivity contribution in [3.05, 3.63) is 60.0 Å². The molecule has 1 aromatic carbocycles. The van der Waals surface area contributed by atoms with Gasteiger partial charge in [0.25, 0.3) is 5.91 Å². The standard InChI is InChI=1S/C20H19N5O3/c1-13(2)27-17-8-14(20(26)23-19-6-7-25(3)24-19)9-18(10-17)28-16-5-4-15(11-21)22-12-16/h4-10,12-13H,1-3H3,(H,23,24,26). The fourth-order valence-electron chi connectivity index (χ4n) is 2.42. The number of carbonyl (C=O) groups is 1. The predicted octanol–water partition coefficient (Wildman–Crippen LogP) is 3.52.